The smallest absolute Gasteiger partial charge is 0.407 e. The van der Waals surface area contributed by atoms with Gasteiger partial charge in [0.25, 0.3) is 5.91 Å². The molecule has 1 heterocycles. The molecule has 2 fully saturated rings. The Morgan fingerprint density at radius 1 is 1.06 bits per heavy atom. The van der Waals surface area contributed by atoms with Crippen molar-refractivity contribution in [2.45, 2.75) is 84.4 Å². The molecular formula is C28H45N3O4. The van der Waals surface area contributed by atoms with Gasteiger partial charge in [-0.1, -0.05) is 25.0 Å². The lowest BCUT2D eigenvalue weighted by molar-refractivity contribution is 0.0548. The Labute approximate surface area is 211 Å². The topological polar surface area (TPSA) is 79.9 Å². The monoisotopic (exact) mass is 487 g/mol. The first kappa shape index (κ1) is 27.5. The maximum atomic E-state index is 13.0. The summed E-state index contributed by atoms with van der Waals surface area (Å²) >= 11 is 0. The first-order chi connectivity index (χ1) is 16.7. The molecule has 0 spiro atoms. The molecule has 2 aliphatic rings. The number of hydrogen-bond acceptors (Lipinski definition) is 5. The molecule has 7 heteroatoms. The van der Waals surface area contributed by atoms with Gasteiger partial charge in [-0.05, 0) is 89.5 Å². The number of ether oxygens (including phenoxy) is 2. The van der Waals surface area contributed by atoms with Crippen LogP contribution in [0.5, 0.6) is 0 Å². The van der Waals surface area contributed by atoms with Crippen LogP contribution in [0.1, 0.15) is 82.1 Å². The van der Waals surface area contributed by atoms with Crippen LogP contribution in [-0.4, -0.2) is 61.3 Å². The molecule has 196 valence electrons. The van der Waals surface area contributed by atoms with Gasteiger partial charge in [-0.25, -0.2) is 4.79 Å². The lowest BCUT2D eigenvalue weighted by atomic mass is 9.83. The van der Waals surface area contributed by atoms with Crippen LogP contribution in [0.2, 0.25) is 0 Å². The van der Waals surface area contributed by atoms with Crippen LogP contribution in [0, 0.1) is 11.8 Å². The fourth-order valence-corrected chi connectivity index (χ4v) is 5.18. The fourth-order valence-electron chi connectivity index (χ4n) is 5.18. The number of likely N-dealkylation sites (tertiary alicyclic amines) is 1. The Balaban J connectivity index is 1.49. The van der Waals surface area contributed by atoms with E-state index < -0.39 is 6.09 Å². The Hall–Kier alpha value is -2.12. The molecule has 3 atom stereocenters. The molecule has 3 unspecified atom stereocenters. The van der Waals surface area contributed by atoms with E-state index in [1.807, 2.05) is 45.0 Å². The Morgan fingerprint density at radius 2 is 1.80 bits per heavy atom. The van der Waals surface area contributed by atoms with Gasteiger partial charge < -0.3 is 25.0 Å². The van der Waals surface area contributed by atoms with Gasteiger partial charge in [-0.15, -0.1) is 0 Å². The van der Waals surface area contributed by atoms with Gasteiger partial charge >= 0.3 is 6.09 Å². The molecule has 1 aromatic carbocycles. The quantitative estimate of drug-likeness (QED) is 0.526. The molecule has 1 aliphatic carbocycles. The van der Waals surface area contributed by atoms with Gasteiger partial charge in [0.15, 0.2) is 0 Å². The number of alkyl carbamates (subject to hydrolysis) is 1. The molecule has 35 heavy (non-hydrogen) atoms. The van der Waals surface area contributed by atoms with E-state index in [-0.39, 0.29) is 24.1 Å². The van der Waals surface area contributed by atoms with Crippen molar-refractivity contribution in [1.29, 1.82) is 0 Å². The summed E-state index contributed by atoms with van der Waals surface area (Å²) in [5.74, 6) is 1.10. The summed E-state index contributed by atoms with van der Waals surface area (Å²) in [6.07, 6.45) is 6.66. The summed E-state index contributed by atoms with van der Waals surface area (Å²) in [6, 6.07) is 7.55. The lowest BCUT2D eigenvalue weighted by Crippen LogP contribution is -2.48. The highest BCUT2D eigenvalue weighted by molar-refractivity contribution is 5.94. The van der Waals surface area contributed by atoms with Gasteiger partial charge in [0.2, 0.25) is 0 Å². The maximum absolute atomic E-state index is 13.0. The van der Waals surface area contributed by atoms with Crippen molar-refractivity contribution < 1.29 is 19.1 Å². The predicted octanol–water partition coefficient (Wildman–Crippen LogP) is 4.75. The molecule has 3 rings (SSSR count). The fraction of sp³-hybridized carbons (Fsp3) is 0.714. The molecule has 2 N–H and O–H groups in total. The molecule has 0 bridgehead atoms. The van der Waals surface area contributed by atoms with Gasteiger partial charge in [-0.3, -0.25) is 4.79 Å². The second-order valence-electron chi connectivity index (χ2n) is 11.2. The minimum Gasteiger partial charge on any atom is -0.445 e. The Kier molecular flexibility index (Phi) is 10.4. The molecule has 1 aliphatic heterocycles. The van der Waals surface area contributed by atoms with Crippen molar-refractivity contribution in [1.82, 2.24) is 15.5 Å². The van der Waals surface area contributed by atoms with Crippen LogP contribution in [0.15, 0.2) is 24.3 Å². The summed E-state index contributed by atoms with van der Waals surface area (Å²) in [4.78, 5) is 27.5. The summed E-state index contributed by atoms with van der Waals surface area (Å²) in [6.45, 7) is 12.9. The number of amides is 2. The predicted molar refractivity (Wildman–Crippen MR) is 138 cm³/mol. The van der Waals surface area contributed by atoms with Crippen molar-refractivity contribution in [3.63, 3.8) is 0 Å². The highest BCUT2D eigenvalue weighted by Gasteiger charge is 2.30. The Morgan fingerprint density at radius 3 is 2.51 bits per heavy atom. The highest BCUT2D eigenvalue weighted by Crippen LogP contribution is 2.27. The number of carbonyl (C=O) groups excluding carboxylic acids is 2. The van der Waals surface area contributed by atoms with Gasteiger partial charge in [-0.2, -0.15) is 0 Å². The molecule has 0 radical (unpaired) electrons. The van der Waals surface area contributed by atoms with Gasteiger partial charge in [0, 0.05) is 36.8 Å². The zero-order valence-electron chi connectivity index (χ0n) is 22.1. The standard InChI is InChI=1S/C28H45N3O4/c1-5-34-19-22-9-8-16-31(17-22)18-24-10-6-7-11-25(24)29-26(32)23-14-12-21(13-15-23)20-35-27(33)30-28(2,3)4/h12-15,22,24-25H,5-11,16-20H2,1-4H3,(H,29,32)(H,30,33). The molecule has 1 saturated heterocycles. The minimum atomic E-state index is -0.444. The summed E-state index contributed by atoms with van der Waals surface area (Å²) in [7, 11) is 0. The van der Waals surface area contributed by atoms with E-state index in [0.29, 0.717) is 17.4 Å². The largest absolute Gasteiger partial charge is 0.445 e. The second-order valence-corrected chi connectivity index (χ2v) is 11.2. The van der Waals surface area contributed by atoms with Gasteiger partial charge in [0.05, 0.1) is 6.61 Å². The highest BCUT2D eigenvalue weighted by atomic mass is 16.5. The zero-order valence-corrected chi connectivity index (χ0v) is 22.1. The lowest BCUT2D eigenvalue weighted by Gasteiger charge is -2.39. The van der Waals surface area contributed by atoms with Crippen molar-refractivity contribution >= 4 is 12.0 Å². The number of hydrogen-bond donors (Lipinski definition) is 2. The number of rotatable bonds is 9. The van der Waals surface area contributed by atoms with Crippen LogP contribution >= 0.6 is 0 Å². The van der Waals surface area contributed by atoms with Crippen molar-refractivity contribution in [3.05, 3.63) is 35.4 Å². The number of benzene rings is 1. The summed E-state index contributed by atoms with van der Waals surface area (Å²) < 4.78 is 11.0. The summed E-state index contributed by atoms with van der Waals surface area (Å²) in [5.41, 5.74) is 1.16. The molecule has 1 aromatic rings. The minimum absolute atomic E-state index is 0.0206. The third-order valence-corrected chi connectivity index (χ3v) is 6.94. The third kappa shape index (κ3) is 9.45. The number of nitrogens with zero attached hydrogens (tertiary/aromatic N) is 1. The maximum Gasteiger partial charge on any atom is 0.407 e. The number of carbonyl (C=O) groups is 2. The first-order valence-corrected chi connectivity index (χ1v) is 13.4. The zero-order chi connectivity index (χ0) is 25.3. The van der Waals surface area contributed by atoms with E-state index in [9.17, 15) is 9.59 Å². The number of piperidine rings is 1. The second kappa shape index (κ2) is 13.3. The molecule has 0 aromatic heterocycles. The van der Waals surface area contributed by atoms with Crippen molar-refractivity contribution in [2.24, 2.45) is 11.8 Å². The average molecular weight is 488 g/mol. The van der Waals surface area contributed by atoms with Crippen LogP contribution in [0.4, 0.5) is 4.79 Å². The van der Waals surface area contributed by atoms with Crippen LogP contribution in [0.25, 0.3) is 0 Å². The van der Waals surface area contributed by atoms with Crippen LogP contribution in [-0.2, 0) is 16.1 Å². The molecular weight excluding hydrogens is 442 g/mol. The van der Waals surface area contributed by atoms with Crippen molar-refractivity contribution in [2.75, 3.05) is 32.8 Å². The summed E-state index contributed by atoms with van der Waals surface area (Å²) in [5, 5.41) is 6.10. The SMILES string of the molecule is CCOCC1CCCN(CC2CCCCC2NC(=O)c2ccc(COC(=O)NC(C)(C)C)cc2)C1. The molecule has 7 nitrogen and oxygen atoms in total. The number of nitrogens with one attached hydrogen (secondary N) is 2. The van der Waals surface area contributed by atoms with E-state index in [2.05, 4.69) is 22.5 Å². The van der Waals surface area contributed by atoms with Crippen LogP contribution < -0.4 is 10.6 Å². The first-order valence-electron chi connectivity index (χ1n) is 13.4. The molecule has 1 saturated carbocycles. The van der Waals surface area contributed by atoms with E-state index in [4.69, 9.17) is 9.47 Å². The third-order valence-electron chi connectivity index (χ3n) is 6.94. The normalized spacial score (nSPS) is 23.5. The van der Waals surface area contributed by atoms with E-state index in [0.717, 1.165) is 44.8 Å². The van der Waals surface area contributed by atoms with E-state index in [1.165, 1.54) is 32.1 Å². The van der Waals surface area contributed by atoms with Gasteiger partial charge in [0.1, 0.15) is 6.61 Å². The van der Waals surface area contributed by atoms with Crippen LogP contribution in [0.3, 0.4) is 0 Å². The average Bonchev–Trinajstić information content (AvgIpc) is 2.82. The Bertz CT molecular complexity index is 805. The van der Waals surface area contributed by atoms with Crippen molar-refractivity contribution in [3.8, 4) is 0 Å². The van der Waals surface area contributed by atoms with E-state index >= 15 is 0 Å². The molecule has 2 amide bonds. The van der Waals surface area contributed by atoms with E-state index in [1.54, 1.807) is 0 Å².